The molecule has 6 heteroatoms. The molecule has 12 heavy (non-hydrogen) atoms. The molecule has 0 aliphatic carbocycles. The predicted octanol–water partition coefficient (Wildman–Crippen LogP) is 0.237. The second kappa shape index (κ2) is 8.39. The van der Waals surface area contributed by atoms with Gasteiger partial charge in [-0.05, 0) is 32.7 Å². The first-order chi connectivity index (χ1) is 5.33. The zero-order chi connectivity index (χ0) is 10.2. The highest BCUT2D eigenvalue weighted by molar-refractivity contribution is 6.72. The fourth-order valence-electron chi connectivity index (χ4n) is 0.333. The normalized spacial score (nSPS) is 12.2. The van der Waals surface area contributed by atoms with Gasteiger partial charge in [-0.15, -0.1) is 0 Å². The van der Waals surface area contributed by atoms with E-state index in [1.54, 1.807) is 0 Å². The van der Waals surface area contributed by atoms with Crippen LogP contribution in [0.15, 0.2) is 0 Å². The molecule has 76 valence electrons. The van der Waals surface area contributed by atoms with Crippen LogP contribution in [-0.2, 0) is 8.23 Å². The molecule has 0 aliphatic heterocycles. The molecule has 0 atom stereocenters. The van der Waals surface area contributed by atoms with E-state index in [1.807, 2.05) is 0 Å². The van der Waals surface area contributed by atoms with Gasteiger partial charge in [0.05, 0.1) is 0 Å². The monoisotopic (exact) mass is 240 g/mol. The van der Waals surface area contributed by atoms with Crippen molar-refractivity contribution in [2.24, 2.45) is 0 Å². The lowest BCUT2D eigenvalue weighted by atomic mass is 11.8. The third-order valence-corrected chi connectivity index (χ3v) is 10.0. The molecule has 2 nitrogen and oxygen atoms in total. The zero-order valence-corrected chi connectivity index (χ0v) is 15.2. The van der Waals surface area contributed by atoms with Gasteiger partial charge in [-0.1, -0.05) is 6.55 Å². The van der Waals surface area contributed by atoms with Gasteiger partial charge in [-0.3, -0.25) is 0 Å². The van der Waals surface area contributed by atoms with E-state index in [-0.39, 0.29) is 9.76 Å². The lowest BCUT2D eigenvalue weighted by Crippen LogP contribution is -2.23. The van der Waals surface area contributed by atoms with Gasteiger partial charge in [0.1, 0.15) is 20.2 Å². The highest BCUT2D eigenvalue weighted by atomic mass is 28.4. The predicted molar refractivity (Wildman–Crippen MR) is 68.7 cm³/mol. The Morgan fingerprint density at radius 3 is 1.58 bits per heavy atom. The summed E-state index contributed by atoms with van der Waals surface area (Å²) in [7, 11) is -0.840. The quantitative estimate of drug-likeness (QED) is 0.658. The smallest absolute Gasteiger partial charge is 0.169 e. The molecule has 0 saturated heterocycles. The highest BCUT2D eigenvalue weighted by Crippen LogP contribution is 1.96. The van der Waals surface area contributed by atoms with Crippen LogP contribution >= 0.6 is 0 Å². The Morgan fingerprint density at radius 2 is 1.58 bits per heavy atom. The summed E-state index contributed by atoms with van der Waals surface area (Å²) in [6.45, 7) is 13.2. The Labute approximate surface area is 85.4 Å². The molecule has 0 aliphatic rings. The second-order valence-electron chi connectivity index (χ2n) is 3.82. The van der Waals surface area contributed by atoms with Gasteiger partial charge < -0.3 is 8.23 Å². The van der Waals surface area contributed by atoms with E-state index in [4.69, 9.17) is 8.23 Å². The van der Waals surface area contributed by atoms with E-state index in [0.29, 0.717) is 0 Å². The summed E-state index contributed by atoms with van der Waals surface area (Å²) in [5.74, 6) is 0. The molecule has 0 bridgehead atoms. The molecule has 0 fully saturated rings. The molecule has 0 unspecified atom stereocenters. The minimum Gasteiger partial charge on any atom is -0.464 e. The van der Waals surface area contributed by atoms with Gasteiger partial charge in [0.2, 0.25) is 0 Å². The maximum Gasteiger partial charge on any atom is 0.169 e. The summed E-state index contributed by atoms with van der Waals surface area (Å²) < 4.78 is 10.5. The van der Waals surface area contributed by atoms with Crippen LogP contribution in [0.1, 0.15) is 0 Å². The highest BCUT2D eigenvalue weighted by Gasteiger charge is 2.08. The van der Waals surface area contributed by atoms with Gasteiger partial charge in [0, 0.05) is 0 Å². The van der Waals surface area contributed by atoms with Gasteiger partial charge in [-0.25, -0.2) is 0 Å². The van der Waals surface area contributed by atoms with Crippen LogP contribution in [0.2, 0.25) is 39.3 Å². The summed E-state index contributed by atoms with van der Waals surface area (Å²) in [5, 5.41) is 0. The summed E-state index contributed by atoms with van der Waals surface area (Å²) in [4.78, 5) is 0. The lowest BCUT2D eigenvalue weighted by molar-refractivity contribution is 0.620. The van der Waals surface area contributed by atoms with Crippen molar-refractivity contribution in [3.63, 3.8) is 0 Å². The molecular formula is C6H24O2Si4. The minimum atomic E-state index is -1.07. The topological polar surface area (TPSA) is 18.5 Å². The molecule has 0 heterocycles. The molecule has 0 aromatic rings. The van der Waals surface area contributed by atoms with Gasteiger partial charge in [0.15, 0.2) is 17.4 Å². The van der Waals surface area contributed by atoms with Crippen molar-refractivity contribution in [2.45, 2.75) is 39.3 Å². The van der Waals surface area contributed by atoms with Crippen molar-refractivity contribution >= 4 is 37.6 Å². The van der Waals surface area contributed by atoms with Crippen LogP contribution in [0.4, 0.5) is 0 Å². The maximum atomic E-state index is 5.32. The lowest BCUT2D eigenvalue weighted by Gasteiger charge is -2.11. The molecule has 0 N–H and O–H groups in total. The van der Waals surface area contributed by atoms with Crippen LogP contribution in [0, 0.1) is 0 Å². The van der Waals surface area contributed by atoms with E-state index in [1.165, 1.54) is 0 Å². The van der Waals surface area contributed by atoms with Crippen molar-refractivity contribution in [3.8, 4) is 0 Å². The Balaban J connectivity index is 0. The van der Waals surface area contributed by atoms with E-state index < -0.39 is 17.4 Å². The third-order valence-electron chi connectivity index (χ3n) is 1.11. The average Bonchev–Trinajstić information content (AvgIpc) is 1.87. The number of hydrogen-bond donors (Lipinski definition) is 0. The first-order valence-corrected chi connectivity index (χ1v) is 13.5. The molecule has 0 saturated carbocycles. The van der Waals surface area contributed by atoms with Crippen molar-refractivity contribution in [2.75, 3.05) is 0 Å². The van der Waals surface area contributed by atoms with Gasteiger partial charge in [-0.2, -0.15) is 0 Å². The van der Waals surface area contributed by atoms with E-state index in [2.05, 4.69) is 39.3 Å². The summed E-state index contributed by atoms with van der Waals surface area (Å²) in [6.07, 6.45) is 0. The standard InChI is InChI=1S/2C3H12OSi2/c1-6(2,3)4-5;1-5-4-6(2)3/h1-3,5H3;6H,5H2,1-3H3. The first kappa shape index (κ1) is 15.3. The van der Waals surface area contributed by atoms with E-state index in [9.17, 15) is 0 Å². The number of rotatable bonds is 3. The van der Waals surface area contributed by atoms with Crippen molar-refractivity contribution in [3.05, 3.63) is 0 Å². The molecular weight excluding hydrogens is 216 g/mol. The fraction of sp³-hybridized carbons (Fsp3) is 1.00. The van der Waals surface area contributed by atoms with Crippen LogP contribution in [0.25, 0.3) is 0 Å². The Bertz CT molecular complexity index is 92.0. The van der Waals surface area contributed by atoms with Crippen molar-refractivity contribution in [1.29, 1.82) is 0 Å². The van der Waals surface area contributed by atoms with Crippen LogP contribution < -0.4 is 0 Å². The summed E-state index contributed by atoms with van der Waals surface area (Å²) in [5.41, 5.74) is 0. The average molecular weight is 241 g/mol. The first-order valence-electron chi connectivity index (χ1n) is 4.50. The molecule has 0 aromatic carbocycles. The number of hydrogen-bond acceptors (Lipinski definition) is 2. The van der Waals surface area contributed by atoms with Crippen LogP contribution in [-0.4, -0.2) is 37.6 Å². The zero-order valence-electron chi connectivity index (χ0n) is 9.60. The largest absolute Gasteiger partial charge is 0.464 e. The fourth-order valence-corrected chi connectivity index (χ4v) is 3.00. The second-order valence-corrected chi connectivity index (χ2v) is 13.7. The molecule has 0 amide bonds. The van der Waals surface area contributed by atoms with Gasteiger partial charge in [0.25, 0.3) is 0 Å². The van der Waals surface area contributed by atoms with E-state index in [0.717, 1.165) is 10.5 Å². The maximum absolute atomic E-state index is 5.32. The summed E-state index contributed by atoms with van der Waals surface area (Å²) in [6, 6.07) is 0. The van der Waals surface area contributed by atoms with Crippen LogP contribution in [0.3, 0.4) is 0 Å². The Kier molecular flexibility index (Phi) is 10.7. The Morgan fingerprint density at radius 1 is 1.25 bits per heavy atom. The third kappa shape index (κ3) is 22.4. The van der Waals surface area contributed by atoms with E-state index >= 15 is 0 Å². The van der Waals surface area contributed by atoms with Crippen LogP contribution in [0.5, 0.6) is 0 Å². The molecule has 0 rings (SSSR count). The van der Waals surface area contributed by atoms with Gasteiger partial charge >= 0.3 is 0 Å². The van der Waals surface area contributed by atoms with Crippen molar-refractivity contribution < 1.29 is 8.23 Å². The Hall–Kier alpha value is 0.788. The molecule has 0 spiro atoms. The molecule has 0 aromatic heterocycles. The SMILES string of the molecule is C[SiH2]O[SiH](C)C.C[Si](C)(C)O[SiH3]. The minimum absolute atomic E-state index is 0.0718. The summed E-state index contributed by atoms with van der Waals surface area (Å²) >= 11 is 0. The molecule has 0 radical (unpaired) electrons. The van der Waals surface area contributed by atoms with Crippen molar-refractivity contribution in [1.82, 2.24) is 0 Å².